The Kier molecular flexibility index (Phi) is 6.82. The zero-order chi connectivity index (χ0) is 15.9. The number of hydrogen-bond acceptors (Lipinski definition) is 9. The molecule has 0 fully saturated rings. The van der Waals surface area contributed by atoms with Gasteiger partial charge < -0.3 is 0 Å². The number of thiazole rings is 1. The average Bonchev–Trinajstić information content (AvgIpc) is 3.13. The highest BCUT2D eigenvalue weighted by Crippen LogP contribution is 2.30. The molecule has 5 nitrogen and oxygen atoms in total. The minimum atomic E-state index is -0.784. The van der Waals surface area contributed by atoms with Gasteiger partial charge in [-0.05, 0) is 13.3 Å². The van der Waals surface area contributed by atoms with Gasteiger partial charge in [-0.25, -0.2) is 4.98 Å². The summed E-state index contributed by atoms with van der Waals surface area (Å²) in [7, 11) is 0. The highest BCUT2D eigenvalue weighted by atomic mass is 32.2. The molecule has 2 aromatic heterocycles. The molecule has 0 radical (unpaired) electrons. The Morgan fingerprint density at radius 3 is 2.73 bits per heavy atom. The third kappa shape index (κ3) is 4.78. The molecule has 0 spiro atoms. The van der Waals surface area contributed by atoms with E-state index in [0.717, 1.165) is 26.5 Å². The number of hydrogen-bond donors (Lipinski definition) is 0. The predicted octanol–water partition coefficient (Wildman–Crippen LogP) is 3.77. The van der Waals surface area contributed by atoms with Gasteiger partial charge in [0, 0.05) is 16.8 Å². The lowest BCUT2D eigenvalue weighted by Crippen LogP contribution is -2.13. The van der Waals surface area contributed by atoms with Gasteiger partial charge in [0.15, 0.2) is 20.4 Å². The predicted molar refractivity (Wildman–Crippen MR) is 91.9 cm³/mol. The number of nitriles is 1. The van der Waals surface area contributed by atoms with Crippen molar-refractivity contribution in [1.82, 2.24) is 15.2 Å². The molecule has 9 heteroatoms. The van der Waals surface area contributed by atoms with Crippen molar-refractivity contribution < 1.29 is 4.79 Å². The molecule has 2 heterocycles. The quantitative estimate of drug-likeness (QED) is 0.654. The first-order valence-electron chi connectivity index (χ1n) is 6.57. The van der Waals surface area contributed by atoms with E-state index in [0.29, 0.717) is 5.01 Å². The summed E-state index contributed by atoms with van der Waals surface area (Å²) >= 11 is 5.85. The van der Waals surface area contributed by atoms with E-state index in [2.05, 4.69) is 22.1 Å². The van der Waals surface area contributed by atoms with Crippen LogP contribution in [0.15, 0.2) is 14.1 Å². The van der Waals surface area contributed by atoms with E-state index < -0.39 is 5.92 Å². The van der Waals surface area contributed by atoms with Gasteiger partial charge in [0.05, 0.1) is 11.8 Å². The normalized spacial score (nSPS) is 12.0. The van der Waals surface area contributed by atoms with Gasteiger partial charge in [-0.15, -0.1) is 21.5 Å². The summed E-state index contributed by atoms with van der Waals surface area (Å²) in [6.45, 7) is 3.97. The first kappa shape index (κ1) is 17.4. The van der Waals surface area contributed by atoms with Crippen LogP contribution in [0.2, 0.25) is 0 Å². The van der Waals surface area contributed by atoms with E-state index >= 15 is 0 Å². The molecule has 0 saturated heterocycles. The SMILES string of the molecule is CCCSc1nnc(SCC(=O)[C@@H](C#N)c2nc(C)cs2)s1. The van der Waals surface area contributed by atoms with Crippen LogP contribution in [-0.2, 0) is 4.79 Å². The Morgan fingerprint density at radius 1 is 1.41 bits per heavy atom. The Hall–Kier alpha value is -0.950. The second-order valence-electron chi connectivity index (χ2n) is 4.33. The van der Waals surface area contributed by atoms with Crippen LogP contribution in [0.4, 0.5) is 0 Å². The molecule has 2 rings (SSSR count). The fraction of sp³-hybridized carbons (Fsp3) is 0.462. The Morgan fingerprint density at radius 2 is 2.14 bits per heavy atom. The van der Waals surface area contributed by atoms with Gasteiger partial charge >= 0.3 is 0 Å². The van der Waals surface area contributed by atoms with Gasteiger partial charge in [0.2, 0.25) is 0 Å². The van der Waals surface area contributed by atoms with Crippen molar-refractivity contribution in [3.63, 3.8) is 0 Å². The van der Waals surface area contributed by atoms with Gasteiger partial charge in [-0.2, -0.15) is 5.26 Å². The van der Waals surface area contributed by atoms with Crippen molar-refractivity contribution >= 4 is 52.0 Å². The summed E-state index contributed by atoms with van der Waals surface area (Å²) < 4.78 is 1.68. The maximum absolute atomic E-state index is 12.2. The van der Waals surface area contributed by atoms with Crippen molar-refractivity contribution in [3.05, 3.63) is 16.1 Å². The number of rotatable bonds is 8. The maximum atomic E-state index is 12.2. The third-order valence-corrected chi connectivity index (χ3v) is 6.94. The summed E-state index contributed by atoms with van der Waals surface area (Å²) in [5.41, 5.74) is 0.836. The zero-order valence-electron chi connectivity index (χ0n) is 12.1. The van der Waals surface area contributed by atoms with Crippen LogP contribution in [0.1, 0.15) is 30.0 Å². The summed E-state index contributed by atoms with van der Waals surface area (Å²) in [6.07, 6.45) is 1.09. The van der Waals surface area contributed by atoms with Crippen LogP contribution < -0.4 is 0 Å². The molecular weight excluding hydrogens is 356 g/mol. The second-order valence-corrected chi connectivity index (χ2v) is 8.76. The van der Waals surface area contributed by atoms with Gasteiger partial charge in [0.25, 0.3) is 0 Å². The van der Waals surface area contributed by atoms with Crippen LogP contribution in [0, 0.1) is 18.3 Å². The van der Waals surface area contributed by atoms with Gasteiger partial charge in [-0.1, -0.05) is 41.8 Å². The van der Waals surface area contributed by atoms with Crippen LogP contribution in [0.25, 0.3) is 0 Å². The summed E-state index contributed by atoms with van der Waals surface area (Å²) in [5, 5.41) is 19.8. The number of carbonyl (C=O) groups excluding carboxylic acids is 1. The van der Waals surface area contributed by atoms with E-state index in [9.17, 15) is 10.1 Å². The number of aromatic nitrogens is 3. The third-order valence-electron chi connectivity index (χ3n) is 2.49. The van der Waals surface area contributed by atoms with Gasteiger partial charge in [0.1, 0.15) is 5.01 Å². The van der Waals surface area contributed by atoms with E-state index in [1.165, 1.54) is 34.4 Å². The van der Waals surface area contributed by atoms with E-state index in [-0.39, 0.29) is 11.5 Å². The zero-order valence-corrected chi connectivity index (χ0v) is 15.4. The maximum Gasteiger partial charge on any atom is 0.175 e. The van der Waals surface area contributed by atoms with Crippen molar-refractivity contribution in [3.8, 4) is 6.07 Å². The molecule has 22 heavy (non-hydrogen) atoms. The molecule has 0 aromatic carbocycles. The molecular formula is C13H14N4OS4. The molecule has 1 atom stereocenters. The second kappa shape index (κ2) is 8.62. The highest BCUT2D eigenvalue weighted by molar-refractivity contribution is 8.03. The minimum absolute atomic E-state index is 0.139. The van der Waals surface area contributed by atoms with Crippen molar-refractivity contribution in [2.45, 2.75) is 34.9 Å². The highest BCUT2D eigenvalue weighted by Gasteiger charge is 2.23. The lowest BCUT2D eigenvalue weighted by Gasteiger charge is -2.03. The largest absolute Gasteiger partial charge is 0.297 e. The van der Waals surface area contributed by atoms with E-state index in [1.807, 2.05) is 18.4 Å². The molecule has 0 aliphatic heterocycles. The summed E-state index contributed by atoms with van der Waals surface area (Å²) in [6, 6.07) is 2.05. The lowest BCUT2D eigenvalue weighted by atomic mass is 10.1. The van der Waals surface area contributed by atoms with E-state index in [1.54, 1.807) is 11.8 Å². The fourth-order valence-electron chi connectivity index (χ4n) is 1.49. The molecule has 0 saturated carbocycles. The number of carbonyl (C=O) groups is 1. The Bertz CT molecular complexity index is 676. The Labute approximate surface area is 145 Å². The summed E-state index contributed by atoms with van der Waals surface area (Å²) in [4.78, 5) is 16.4. The number of aryl methyl sites for hydroxylation is 1. The van der Waals surface area contributed by atoms with Crippen molar-refractivity contribution in [2.75, 3.05) is 11.5 Å². The van der Waals surface area contributed by atoms with Gasteiger partial charge in [-0.3, -0.25) is 4.79 Å². The van der Waals surface area contributed by atoms with Crippen molar-refractivity contribution in [1.29, 1.82) is 5.26 Å². The van der Waals surface area contributed by atoms with Crippen LogP contribution in [-0.4, -0.2) is 32.5 Å². The summed E-state index contributed by atoms with van der Waals surface area (Å²) in [5.74, 6) is 0.301. The number of thioether (sulfide) groups is 2. The Balaban J connectivity index is 1.91. The molecule has 0 amide bonds. The first-order chi connectivity index (χ1) is 10.6. The first-order valence-corrected chi connectivity index (χ1v) is 10.2. The van der Waals surface area contributed by atoms with Crippen molar-refractivity contribution in [2.24, 2.45) is 0 Å². The molecule has 0 unspecified atom stereocenters. The molecule has 0 aliphatic rings. The molecule has 0 aliphatic carbocycles. The molecule has 116 valence electrons. The monoisotopic (exact) mass is 370 g/mol. The number of nitrogens with zero attached hydrogens (tertiary/aromatic N) is 4. The number of ketones is 1. The molecule has 0 N–H and O–H groups in total. The van der Waals surface area contributed by atoms with Crippen LogP contribution in [0.3, 0.4) is 0 Å². The van der Waals surface area contributed by atoms with Crippen LogP contribution in [0.5, 0.6) is 0 Å². The smallest absolute Gasteiger partial charge is 0.175 e. The van der Waals surface area contributed by atoms with Crippen LogP contribution >= 0.6 is 46.2 Å². The average molecular weight is 371 g/mol. The minimum Gasteiger partial charge on any atom is -0.297 e. The fourth-order valence-corrected chi connectivity index (χ4v) is 5.20. The topological polar surface area (TPSA) is 79.5 Å². The standard InChI is InChI=1S/C13H14N4OS4/c1-3-4-19-12-16-17-13(22-12)21-7-10(18)9(5-14)11-15-8(2)6-20-11/h6,9H,3-4,7H2,1-2H3/t9-/m1/s1. The molecule has 0 bridgehead atoms. The lowest BCUT2D eigenvalue weighted by molar-refractivity contribution is -0.116. The van der Waals surface area contributed by atoms with E-state index in [4.69, 9.17) is 0 Å². The number of Topliss-reactive ketones (excluding diaryl/α,β-unsaturated/α-hetero) is 1. The molecule has 2 aromatic rings.